The van der Waals surface area contributed by atoms with E-state index in [1.807, 2.05) is 131 Å². The minimum Gasteiger partial charge on any atom is -0.491 e. The molecule has 2 aromatic heterocycles. The summed E-state index contributed by atoms with van der Waals surface area (Å²) in [4.78, 5) is 21.0. The van der Waals surface area contributed by atoms with Gasteiger partial charge in [-0.2, -0.15) is 0 Å². The number of pyridine rings is 2. The van der Waals surface area contributed by atoms with E-state index in [9.17, 15) is 60.0 Å². The Hall–Kier alpha value is -6.38. The molecule has 8 bridgehead atoms. The van der Waals surface area contributed by atoms with Crippen LogP contribution >= 0.6 is 15.6 Å². The first-order valence-corrected chi connectivity index (χ1v) is 30.0. The average Bonchev–Trinajstić information content (AvgIpc) is 3.55. The van der Waals surface area contributed by atoms with E-state index >= 15 is 0 Å². The zero-order chi connectivity index (χ0) is 61.7. The van der Waals surface area contributed by atoms with Gasteiger partial charge in [-0.15, -0.1) is 0 Å². The Morgan fingerprint density at radius 2 is 0.548 bits per heavy atom. The van der Waals surface area contributed by atoms with Crippen molar-refractivity contribution in [3.63, 3.8) is 0 Å². The molecule has 2 N–H and O–H groups in total. The number of halogens is 12. The Bertz CT molecular complexity index is 2630. The number of rotatable bonds is 9. The molecule has 0 saturated heterocycles. The van der Waals surface area contributed by atoms with Crippen LogP contribution in [0.1, 0.15) is 25.7 Å². The first kappa shape index (κ1) is 70.1. The summed E-state index contributed by atoms with van der Waals surface area (Å²) in [6, 6.07) is 31.8. The van der Waals surface area contributed by atoms with E-state index in [1.165, 1.54) is 0 Å². The van der Waals surface area contributed by atoms with Crippen molar-refractivity contribution in [2.75, 3.05) is 106 Å². The number of hydrogen-bond acceptors (Lipinski definition) is 12. The summed E-state index contributed by atoms with van der Waals surface area (Å²) < 4.78 is 180. The molecule has 0 amide bonds. The Kier molecular flexibility index (Phi) is 26.4. The van der Waals surface area contributed by atoms with Crippen LogP contribution in [0, 0.1) is 0 Å². The van der Waals surface area contributed by atoms with Crippen molar-refractivity contribution in [1.29, 1.82) is 0 Å². The van der Waals surface area contributed by atoms with Crippen LogP contribution < -0.4 is 28.1 Å². The minimum atomic E-state index is -10.7. The first-order chi connectivity index (χ1) is 39.3. The van der Waals surface area contributed by atoms with Gasteiger partial charge in [0.05, 0.1) is 92.1 Å². The van der Waals surface area contributed by atoms with E-state index < -0.39 is 27.6 Å². The van der Waals surface area contributed by atoms with Gasteiger partial charge in [0.15, 0.2) is 24.8 Å². The Morgan fingerprint density at radius 1 is 0.345 bits per heavy atom. The Labute approximate surface area is 475 Å². The van der Waals surface area contributed by atoms with Crippen LogP contribution in [0.5, 0.6) is 23.0 Å². The molecule has 0 aliphatic carbocycles. The van der Waals surface area contributed by atoms with Gasteiger partial charge in [0, 0.05) is 58.7 Å². The summed E-state index contributed by atoms with van der Waals surface area (Å²) in [6.07, 6.45) is 9.37. The molecule has 1 aliphatic heterocycles. The van der Waals surface area contributed by atoms with Crippen molar-refractivity contribution in [2.24, 2.45) is 0 Å². The molecule has 4 aromatic carbocycles. The number of nitrogens with zero attached hydrogens (tertiary/aromatic N) is 2. The zero-order valence-corrected chi connectivity index (χ0v) is 47.0. The van der Waals surface area contributed by atoms with Crippen LogP contribution in [0.3, 0.4) is 0 Å². The summed E-state index contributed by atoms with van der Waals surface area (Å²) in [6.45, 7) is 8.78. The van der Waals surface area contributed by atoms with Crippen LogP contribution in [-0.4, -0.2) is 128 Å². The molecule has 0 radical (unpaired) electrons. The van der Waals surface area contributed by atoms with Gasteiger partial charge in [-0.25, -0.2) is 9.13 Å². The van der Waals surface area contributed by atoms with Crippen LogP contribution in [0.25, 0.3) is 32.7 Å². The standard InChI is InChI=1S/C36H44O10.C18H20N2O4.2F6P/c1-5-29-30-6-2-10-34(29)44-26-22-40-18-14-38-16-20-42-24-28-46-36-12-4-7-31-32(36)8-3-11-35(31)45-27-23-41-19-15-37-13-17-39-21-25-43-33(30)9-1;21-17(22)3-1-9-19-11-5-15(6-12-19)16-7-13-20(14-8-16)10-2-4-18(23)24;2*1-7(2,3,4,5)6/h1-12H,13-28H2;5-8,11-14H,1-4,9-10H2;;/q;;2*-1/p+2. The zero-order valence-electron chi connectivity index (χ0n) is 45.2. The van der Waals surface area contributed by atoms with Gasteiger partial charge in [0.1, 0.15) is 62.5 Å². The third kappa shape index (κ3) is 35.0. The van der Waals surface area contributed by atoms with Gasteiger partial charge < -0.3 is 57.6 Å². The molecule has 0 spiro atoms. The molecule has 0 saturated carbocycles. The number of carbonyl (C=O) groups is 2. The molecule has 84 heavy (non-hydrogen) atoms. The monoisotopic (exact) mass is 1260 g/mol. The van der Waals surface area contributed by atoms with Gasteiger partial charge in [-0.3, -0.25) is 9.59 Å². The topological polar surface area (TPSA) is 175 Å². The molecule has 6 aromatic rings. The normalized spacial score (nSPS) is 16.8. The Morgan fingerprint density at radius 3 is 0.750 bits per heavy atom. The van der Waals surface area contributed by atoms with Gasteiger partial charge >= 0.3 is 77.9 Å². The predicted octanol–water partition coefficient (Wildman–Crippen LogP) is 13.7. The number of carboxylic acid groups (broad SMARTS) is 2. The molecule has 7 rings (SSSR count). The van der Waals surface area contributed by atoms with Gasteiger partial charge in [0.2, 0.25) is 0 Å². The molecular weight excluding hydrogens is 1190 g/mol. The second-order valence-electron chi connectivity index (χ2n) is 17.8. The third-order valence-corrected chi connectivity index (χ3v) is 10.8. The van der Waals surface area contributed by atoms with Gasteiger partial charge in [-0.05, 0) is 35.4 Å². The fourth-order valence-corrected chi connectivity index (χ4v) is 7.36. The fraction of sp³-hybridized carbons (Fsp3) is 0.407. The summed E-state index contributed by atoms with van der Waals surface area (Å²) in [5.41, 5.74) is 2.17. The number of aryl methyl sites for hydroxylation is 2. The van der Waals surface area contributed by atoms with E-state index in [0.29, 0.717) is 132 Å². The minimum absolute atomic E-state index is 0.176. The molecule has 0 fully saturated rings. The van der Waals surface area contributed by atoms with Gasteiger partial charge in [0.25, 0.3) is 0 Å². The average molecular weight is 1260 g/mol. The van der Waals surface area contributed by atoms with Crippen molar-refractivity contribution < 1.29 is 127 Å². The van der Waals surface area contributed by atoms with E-state index in [1.54, 1.807) is 0 Å². The maximum absolute atomic E-state index is 10.7. The molecule has 16 nitrogen and oxygen atoms in total. The molecule has 30 heteroatoms. The van der Waals surface area contributed by atoms with Gasteiger partial charge in [-0.1, -0.05) is 48.5 Å². The summed E-state index contributed by atoms with van der Waals surface area (Å²) in [7, 11) is -21.3. The van der Waals surface area contributed by atoms with E-state index in [4.69, 9.17) is 57.6 Å². The molecule has 0 atom stereocenters. The summed E-state index contributed by atoms with van der Waals surface area (Å²) >= 11 is 0. The smallest absolute Gasteiger partial charge is 0.303 e. The SMILES string of the molecule is F[P-](F)(F)(F)(F)F.F[P-](F)(F)(F)(F)F.O=C(O)CCC[n+]1ccc(-c2cc[n+](CCCC(=O)O)cc2)cc1.c1cc2c3cccc(c3c1)OCCOCCOCCOCCOc1cccc3c(cccc13)OCCOCCOCCOCCO2. The van der Waals surface area contributed by atoms with Crippen molar-refractivity contribution in [3.8, 4) is 34.1 Å². The number of carboxylic acids is 2. The van der Waals surface area contributed by atoms with Crippen LogP contribution in [0.4, 0.5) is 50.4 Å². The van der Waals surface area contributed by atoms with Crippen molar-refractivity contribution in [2.45, 2.75) is 38.8 Å². The van der Waals surface area contributed by atoms with Crippen molar-refractivity contribution >= 4 is 49.1 Å². The number of aromatic nitrogens is 2. The van der Waals surface area contributed by atoms with Crippen LogP contribution in [0.15, 0.2) is 122 Å². The van der Waals surface area contributed by atoms with Crippen molar-refractivity contribution in [1.82, 2.24) is 0 Å². The maximum Gasteiger partial charge on any atom is 0.303 e. The van der Waals surface area contributed by atoms with E-state index in [2.05, 4.69) is 0 Å². The summed E-state index contributed by atoms with van der Waals surface area (Å²) in [5.74, 6) is 1.61. The fourth-order valence-electron chi connectivity index (χ4n) is 7.36. The number of aliphatic carboxylic acids is 2. The summed E-state index contributed by atoms with van der Waals surface area (Å²) in [5, 5.41) is 21.2. The number of benzene rings is 4. The second kappa shape index (κ2) is 31.7. The maximum atomic E-state index is 10.5. The Balaban J connectivity index is 0.000000329. The molecule has 1 aliphatic rings. The molecular formula is C54H66F12N2O14P2. The number of ether oxygens (including phenoxy) is 10. The predicted molar refractivity (Wildman–Crippen MR) is 288 cm³/mol. The van der Waals surface area contributed by atoms with E-state index in [0.717, 1.165) is 55.7 Å². The quantitative estimate of drug-likeness (QED) is 0.0795. The second-order valence-corrected chi connectivity index (χ2v) is 21.7. The molecule has 3 heterocycles. The van der Waals surface area contributed by atoms with E-state index in [-0.39, 0.29) is 12.8 Å². The molecule has 0 unspecified atom stereocenters. The van der Waals surface area contributed by atoms with Crippen LogP contribution in [0.2, 0.25) is 0 Å². The first-order valence-electron chi connectivity index (χ1n) is 25.9. The van der Waals surface area contributed by atoms with Crippen LogP contribution in [-0.2, 0) is 51.1 Å². The largest absolute Gasteiger partial charge is 0.491 e. The molecule has 470 valence electrons. The number of hydrogen-bond donors (Lipinski definition) is 2. The van der Waals surface area contributed by atoms with Crippen molar-refractivity contribution in [3.05, 3.63) is 122 Å². The third-order valence-electron chi connectivity index (χ3n) is 10.8.